The van der Waals surface area contributed by atoms with Gasteiger partial charge in [0.15, 0.2) is 16.4 Å². The first kappa shape index (κ1) is 19.0. The molecule has 1 saturated heterocycles. The first-order chi connectivity index (χ1) is 13.5. The standard InChI is InChI=1S/C19H23FN6OS/c1-14-11-15(27-22-14)12-24-7-9-25(10-8-24)13-26-19(28)23(2)18(21-26)16-5-3-4-6-17(16)20/h3-6,11H,7-10,12-13H2,1-2H3. The average Bonchev–Trinajstić information content (AvgIpc) is 3.22. The molecule has 0 saturated carbocycles. The molecule has 0 atom stereocenters. The summed E-state index contributed by atoms with van der Waals surface area (Å²) in [6.45, 7) is 6.96. The van der Waals surface area contributed by atoms with E-state index >= 15 is 0 Å². The number of rotatable bonds is 5. The lowest BCUT2D eigenvalue weighted by molar-refractivity contribution is 0.0920. The molecule has 2 aromatic heterocycles. The Balaban J connectivity index is 1.41. The van der Waals surface area contributed by atoms with Crippen molar-refractivity contribution < 1.29 is 8.91 Å². The fourth-order valence-corrected chi connectivity index (χ4v) is 3.63. The summed E-state index contributed by atoms with van der Waals surface area (Å²) in [4.78, 5) is 4.65. The van der Waals surface area contributed by atoms with Crippen molar-refractivity contribution in [3.63, 3.8) is 0 Å². The zero-order valence-electron chi connectivity index (χ0n) is 16.0. The van der Waals surface area contributed by atoms with Crippen molar-refractivity contribution in [2.24, 2.45) is 7.05 Å². The second-order valence-electron chi connectivity index (χ2n) is 7.11. The van der Waals surface area contributed by atoms with Crippen LogP contribution in [0.25, 0.3) is 11.4 Å². The lowest BCUT2D eigenvalue weighted by Gasteiger charge is -2.33. The molecule has 1 fully saturated rings. The van der Waals surface area contributed by atoms with Crippen LogP contribution in [0.4, 0.5) is 4.39 Å². The van der Waals surface area contributed by atoms with E-state index in [-0.39, 0.29) is 5.82 Å². The number of aryl methyl sites for hydroxylation is 1. The number of hydrogen-bond donors (Lipinski definition) is 0. The minimum Gasteiger partial charge on any atom is -0.360 e. The Labute approximate surface area is 168 Å². The van der Waals surface area contributed by atoms with Crippen LogP contribution in [0.5, 0.6) is 0 Å². The summed E-state index contributed by atoms with van der Waals surface area (Å²) >= 11 is 5.52. The van der Waals surface area contributed by atoms with Crippen LogP contribution in [-0.4, -0.2) is 55.5 Å². The number of piperazine rings is 1. The molecule has 0 spiro atoms. The van der Waals surface area contributed by atoms with Crippen molar-refractivity contribution in [1.82, 2.24) is 29.3 Å². The van der Waals surface area contributed by atoms with Crippen molar-refractivity contribution in [3.8, 4) is 11.4 Å². The van der Waals surface area contributed by atoms with Crippen LogP contribution in [0.1, 0.15) is 11.5 Å². The number of aromatic nitrogens is 4. The first-order valence-electron chi connectivity index (χ1n) is 9.27. The van der Waals surface area contributed by atoms with Crippen LogP contribution in [0.2, 0.25) is 0 Å². The Bertz CT molecular complexity index is 1020. The van der Waals surface area contributed by atoms with E-state index in [2.05, 4.69) is 20.1 Å². The third-order valence-corrected chi connectivity index (χ3v) is 5.50. The van der Waals surface area contributed by atoms with Gasteiger partial charge in [-0.05, 0) is 31.3 Å². The van der Waals surface area contributed by atoms with Crippen LogP contribution < -0.4 is 0 Å². The van der Waals surface area contributed by atoms with E-state index in [1.54, 1.807) is 27.4 Å². The van der Waals surface area contributed by atoms with Crippen molar-refractivity contribution >= 4 is 12.2 Å². The largest absolute Gasteiger partial charge is 0.360 e. The molecule has 0 N–H and O–H groups in total. The third kappa shape index (κ3) is 3.91. The molecule has 1 aliphatic heterocycles. The van der Waals surface area contributed by atoms with E-state index in [0.29, 0.717) is 22.8 Å². The maximum atomic E-state index is 14.2. The number of benzene rings is 1. The highest BCUT2D eigenvalue weighted by atomic mass is 32.1. The molecule has 0 radical (unpaired) electrons. The van der Waals surface area contributed by atoms with Crippen molar-refractivity contribution in [2.45, 2.75) is 20.1 Å². The Morgan fingerprint density at radius 2 is 1.86 bits per heavy atom. The Hall–Kier alpha value is -2.36. The van der Waals surface area contributed by atoms with E-state index in [0.717, 1.165) is 44.2 Å². The van der Waals surface area contributed by atoms with Crippen LogP contribution >= 0.6 is 12.2 Å². The highest BCUT2D eigenvalue weighted by molar-refractivity contribution is 7.71. The van der Waals surface area contributed by atoms with Gasteiger partial charge in [0.05, 0.1) is 24.5 Å². The monoisotopic (exact) mass is 402 g/mol. The molecule has 148 valence electrons. The molecule has 4 rings (SSSR count). The summed E-state index contributed by atoms with van der Waals surface area (Å²) in [5.74, 6) is 1.14. The van der Waals surface area contributed by atoms with Gasteiger partial charge in [-0.25, -0.2) is 9.07 Å². The highest BCUT2D eigenvalue weighted by Crippen LogP contribution is 2.21. The second kappa shape index (κ2) is 7.94. The minimum atomic E-state index is -0.297. The van der Waals surface area contributed by atoms with Gasteiger partial charge in [0, 0.05) is 39.3 Å². The normalized spacial score (nSPS) is 16.0. The van der Waals surface area contributed by atoms with Gasteiger partial charge in [-0.15, -0.1) is 0 Å². The van der Waals surface area contributed by atoms with Crippen LogP contribution in [0.3, 0.4) is 0 Å². The number of nitrogens with zero attached hydrogens (tertiary/aromatic N) is 6. The highest BCUT2D eigenvalue weighted by Gasteiger charge is 2.20. The number of hydrogen-bond acceptors (Lipinski definition) is 6. The zero-order chi connectivity index (χ0) is 19.7. The maximum absolute atomic E-state index is 14.2. The summed E-state index contributed by atoms with van der Waals surface area (Å²) in [6, 6.07) is 8.61. The Kier molecular flexibility index (Phi) is 5.38. The molecule has 0 aliphatic carbocycles. The van der Waals surface area contributed by atoms with Gasteiger partial charge in [-0.1, -0.05) is 17.3 Å². The molecule has 0 amide bonds. The van der Waals surface area contributed by atoms with Gasteiger partial charge in [0.1, 0.15) is 5.82 Å². The summed E-state index contributed by atoms with van der Waals surface area (Å²) in [5.41, 5.74) is 1.37. The number of halogens is 1. The first-order valence-corrected chi connectivity index (χ1v) is 9.68. The molecule has 0 unspecified atom stereocenters. The molecule has 28 heavy (non-hydrogen) atoms. The molecule has 1 aromatic carbocycles. The topological polar surface area (TPSA) is 55.3 Å². The summed E-state index contributed by atoms with van der Waals surface area (Å²) in [7, 11) is 1.82. The summed E-state index contributed by atoms with van der Waals surface area (Å²) in [6.07, 6.45) is 0. The summed E-state index contributed by atoms with van der Waals surface area (Å²) in [5, 5.41) is 8.52. The predicted octanol–water partition coefficient (Wildman–Crippen LogP) is 2.83. The van der Waals surface area contributed by atoms with Gasteiger partial charge in [-0.3, -0.25) is 9.80 Å². The third-order valence-electron chi connectivity index (χ3n) is 5.01. The predicted molar refractivity (Wildman–Crippen MR) is 106 cm³/mol. The van der Waals surface area contributed by atoms with Gasteiger partial charge in [0.2, 0.25) is 0 Å². The fourth-order valence-electron chi connectivity index (χ4n) is 3.45. The molecule has 3 heterocycles. The van der Waals surface area contributed by atoms with E-state index in [1.165, 1.54) is 6.07 Å². The lowest BCUT2D eigenvalue weighted by Crippen LogP contribution is -2.46. The van der Waals surface area contributed by atoms with E-state index in [4.69, 9.17) is 16.7 Å². The Morgan fingerprint density at radius 1 is 1.14 bits per heavy atom. The smallest absolute Gasteiger partial charge is 0.199 e. The van der Waals surface area contributed by atoms with E-state index in [9.17, 15) is 4.39 Å². The van der Waals surface area contributed by atoms with Crippen LogP contribution in [-0.2, 0) is 20.3 Å². The van der Waals surface area contributed by atoms with Crippen LogP contribution in [0.15, 0.2) is 34.9 Å². The van der Waals surface area contributed by atoms with Crippen LogP contribution in [0, 0.1) is 17.5 Å². The van der Waals surface area contributed by atoms with Gasteiger partial charge < -0.3 is 9.09 Å². The Morgan fingerprint density at radius 3 is 2.54 bits per heavy atom. The maximum Gasteiger partial charge on any atom is 0.199 e. The van der Waals surface area contributed by atoms with Gasteiger partial charge in [-0.2, -0.15) is 5.10 Å². The summed E-state index contributed by atoms with van der Waals surface area (Å²) < 4.78 is 23.6. The fraction of sp³-hybridized carbons (Fsp3) is 0.421. The average molecular weight is 402 g/mol. The molecule has 1 aliphatic rings. The van der Waals surface area contributed by atoms with Gasteiger partial charge in [0.25, 0.3) is 0 Å². The lowest BCUT2D eigenvalue weighted by atomic mass is 10.2. The van der Waals surface area contributed by atoms with Crippen molar-refractivity contribution in [3.05, 3.63) is 52.4 Å². The molecule has 9 heteroatoms. The van der Waals surface area contributed by atoms with Crippen molar-refractivity contribution in [1.29, 1.82) is 0 Å². The van der Waals surface area contributed by atoms with E-state index in [1.807, 2.05) is 20.0 Å². The second-order valence-corrected chi connectivity index (χ2v) is 7.48. The SMILES string of the molecule is Cc1cc(CN2CCN(Cn3nc(-c4ccccc4F)n(C)c3=S)CC2)on1. The minimum absolute atomic E-state index is 0.297. The molecular formula is C19H23FN6OS. The zero-order valence-corrected chi connectivity index (χ0v) is 16.8. The van der Waals surface area contributed by atoms with Crippen molar-refractivity contribution in [2.75, 3.05) is 26.2 Å². The molecule has 7 nitrogen and oxygen atoms in total. The molecule has 3 aromatic rings. The quantitative estimate of drug-likeness (QED) is 0.612. The molecule has 0 bridgehead atoms. The van der Waals surface area contributed by atoms with Gasteiger partial charge >= 0.3 is 0 Å². The van der Waals surface area contributed by atoms with E-state index < -0.39 is 0 Å². The molecular weight excluding hydrogens is 379 g/mol.